The fourth-order valence-electron chi connectivity index (χ4n) is 3.03. The van der Waals surface area contributed by atoms with Gasteiger partial charge in [-0.2, -0.15) is 0 Å². The number of hydrogen-bond donors (Lipinski definition) is 1. The molecule has 0 unspecified atom stereocenters. The minimum Gasteiger partial charge on any atom is -0.496 e. The van der Waals surface area contributed by atoms with E-state index in [1.54, 1.807) is 7.11 Å². The first-order valence-corrected chi connectivity index (χ1v) is 7.93. The Morgan fingerprint density at radius 2 is 2.09 bits per heavy atom. The molecule has 23 heavy (non-hydrogen) atoms. The molecule has 0 saturated carbocycles. The van der Waals surface area contributed by atoms with Crippen molar-refractivity contribution in [3.05, 3.63) is 53.6 Å². The number of carbonyl (C=O) groups excluding carboxylic acids is 1. The molecule has 0 atom stereocenters. The van der Waals surface area contributed by atoms with Crippen molar-refractivity contribution in [2.45, 2.75) is 19.3 Å². The smallest absolute Gasteiger partial charge is 0.224 e. The van der Waals surface area contributed by atoms with Crippen molar-refractivity contribution in [3.63, 3.8) is 0 Å². The highest BCUT2D eigenvalue weighted by atomic mass is 16.5. The summed E-state index contributed by atoms with van der Waals surface area (Å²) in [5, 5.41) is 3.00. The minimum absolute atomic E-state index is 0.0298. The summed E-state index contributed by atoms with van der Waals surface area (Å²) in [4.78, 5) is 14.4. The summed E-state index contributed by atoms with van der Waals surface area (Å²) in [7, 11) is 3.75. The average Bonchev–Trinajstić information content (AvgIpc) is 2.94. The number of benzene rings is 2. The molecule has 1 amide bonds. The molecule has 4 heteroatoms. The van der Waals surface area contributed by atoms with E-state index in [9.17, 15) is 4.79 Å². The average molecular weight is 310 g/mol. The number of fused-ring (bicyclic) bond motifs is 1. The Morgan fingerprint density at radius 1 is 1.26 bits per heavy atom. The summed E-state index contributed by atoms with van der Waals surface area (Å²) >= 11 is 0. The Morgan fingerprint density at radius 3 is 2.91 bits per heavy atom. The summed E-state index contributed by atoms with van der Waals surface area (Å²) < 4.78 is 5.32. The number of para-hydroxylation sites is 1. The first kappa shape index (κ1) is 15.4. The first-order valence-electron chi connectivity index (χ1n) is 7.93. The van der Waals surface area contributed by atoms with E-state index < -0.39 is 0 Å². The molecular weight excluding hydrogens is 288 g/mol. The van der Waals surface area contributed by atoms with Gasteiger partial charge in [-0.15, -0.1) is 0 Å². The van der Waals surface area contributed by atoms with Crippen molar-refractivity contribution in [2.24, 2.45) is 0 Å². The van der Waals surface area contributed by atoms with Gasteiger partial charge in [-0.3, -0.25) is 4.79 Å². The Bertz CT molecular complexity index is 712. The Balaban J connectivity index is 1.60. The van der Waals surface area contributed by atoms with Gasteiger partial charge >= 0.3 is 0 Å². The number of nitrogens with zero attached hydrogens (tertiary/aromatic N) is 1. The lowest BCUT2D eigenvalue weighted by atomic mass is 10.1. The Labute approximate surface area is 137 Å². The van der Waals surface area contributed by atoms with Crippen molar-refractivity contribution in [3.8, 4) is 5.75 Å². The number of hydrogen-bond acceptors (Lipinski definition) is 3. The van der Waals surface area contributed by atoms with E-state index in [2.05, 4.69) is 29.4 Å². The van der Waals surface area contributed by atoms with Crippen LogP contribution in [-0.2, 0) is 17.6 Å². The molecule has 1 heterocycles. The topological polar surface area (TPSA) is 41.6 Å². The van der Waals surface area contributed by atoms with Crippen molar-refractivity contribution in [2.75, 3.05) is 30.9 Å². The number of rotatable bonds is 5. The lowest BCUT2D eigenvalue weighted by molar-refractivity contribution is -0.116. The number of nitrogens with one attached hydrogen (secondary N) is 1. The highest BCUT2D eigenvalue weighted by molar-refractivity contribution is 5.91. The number of ether oxygens (including phenoxy) is 1. The molecule has 4 nitrogen and oxygen atoms in total. The van der Waals surface area contributed by atoms with Crippen LogP contribution in [0.1, 0.15) is 17.5 Å². The van der Waals surface area contributed by atoms with Gasteiger partial charge in [-0.1, -0.05) is 18.2 Å². The molecule has 0 bridgehead atoms. The zero-order chi connectivity index (χ0) is 16.2. The second-order valence-corrected chi connectivity index (χ2v) is 5.88. The summed E-state index contributed by atoms with van der Waals surface area (Å²) in [6, 6.07) is 14.0. The summed E-state index contributed by atoms with van der Waals surface area (Å²) in [6.07, 6.45) is 2.15. The lowest BCUT2D eigenvalue weighted by Gasteiger charge is -2.13. The maximum absolute atomic E-state index is 12.2. The lowest BCUT2D eigenvalue weighted by Crippen LogP contribution is -2.13. The molecule has 1 aliphatic rings. The number of likely N-dealkylation sites (N-methyl/N-ethyl adjacent to an activating group) is 1. The van der Waals surface area contributed by atoms with E-state index in [1.807, 2.05) is 30.3 Å². The normalized spacial score (nSPS) is 12.9. The maximum Gasteiger partial charge on any atom is 0.224 e. The molecule has 0 aromatic heterocycles. The quantitative estimate of drug-likeness (QED) is 0.921. The van der Waals surface area contributed by atoms with E-state index in [1.165, 1.54) is 11.3 Å². The molecule has 2 aromatic carbocycles. The van der Waals surface area contributed by atoms with E-state index in [-0.39, 0.29) is 5.91 Å². The predicted octanol–water partition coefficient (Wildman–Crippen LogP) is 3.26. The SMILES string of the molecule is COc1ccccc1CCC(=O)Nc1ccc2c(c1)CCN2C. The van der Waals surface area contributed by atoms with E-state index in [4.69, 9.17) is 4.74 Å². The van der Waals surface area contributed by atoms with Gasteiger partial charge in [0.15, 0.2) is 0 Å². The fraction of sp³-hybridized carbons (Fsp3) is 0.316. The van der Waals surface area contributed by atoms with Crippen molar-refractivity contribution < 1.29 is 9.53 Å². The Hall–Kier alpha value is -2.49. The minimum atomic E-state index is 0.0298. The fourth-order valence-corrected chi connectivity index (χ4v) is 3.03. The van der Waals surface area contributed by atoms with Crippen LogP contribution >= 0.6 is 0 Å². The van der Waals surface area contributed by atoms with Gasteiger partial charge in [-0.05, 0) is 48.2 Å². The summed E-state index contributed by atoms with van der Waals surface area (Å²) in [5.41, 5.74) is 4.50. The molecule has 0 radical (unpaired) electrons. The van der Waals surface area contributed by atoms with Crippen LogP contribution in [0, 0.1) is 0 Å². The molecule has 0 spiro atoms. The molecule has 0 fully saturated rings. The first-order chi connectivity index (χ1) is 11.2. The molecule has 3 rings (SSSR count). The molecule has 120 valence electrons. The van der Waals surface area contributed by atoms with E-state index in [0.717, 1.165) is 30.0 Å². The maximum atomic E-state index is 12.2. The monoisotopic (exact) mass is 310 g/mol. The van der Waals surface area contributed by atoms with E-state index >= 15 is 0 Å². The summed E-state index contributed by atoms with van der Waals surface area (Å²) in [6.45, 7) is 1.04. The van der Waals surface area contributed by atoms with Gasteiger partial charge in [0.05, 0.1) is 7.11 Å². The molecule has 1 N–H and O–H groups in total. The number of aryl methyl sites for hydroxylation is 1. The second-order valence-electron chi connectivity index (χ2n) is 5.88. The number of anilines is 2. The molecule has 0 saturated heterocycles. The van der Waals surface area contributed by atoms with Crippen LogP contribution in [0.4, 0.5) is 11.4 Å². The zero-order valence-electron chi connectivity index (χ0n) is 13.6. The van der Waals surface area contributed by atoms with Crippen molar-refractivity contribution >= 4 is 17.3 Å². The van der Waals surface area contributed by atoms with Gasteiger partial charge < -0.3 is 15.0 Å². The van der Waals surface area contributed by atoms with Crippen LogP contribution < -0.4 is 15.0 Å². The number of carbonyl (C=O) groups is 1. The van der Waals surface area contributed by atoms with Crippen LogP contribution in [0.3, 0.4) is 0 Å². The van der Waals surface area contributed by atoms with Crippen LogP contribution in [0.5, 0.6) is 5.75 Å². The summed E-state index contributed by atoms with van der Waals surface area (Å²) in [5.74, 6) is 0.864. The van der Waals surface area contributed by atoms with Crippen LogP contribution in [0.2, 0.25) is 0 Å². The van der Waals surface area contributed by atoms with Crippen molar-refractivity contribution in [1.82, 2.24) is 0 Å². The standard InChI is InChI=1S/C19H22N2O2/c1-21-12-11-15-13-16(8-9-17(15)21)20-19(22)10-7-14-5-3-4-6-18(14)23-2/h3-6,8-9,13H,7,10-12H2,1-2H3,(H,20,22). The van der Waals surface area contributed by atoms with Crippen LogP contribution in [0.25, 0.3) is 0 Å². The highest BCUT2D eigenvalue weighted by Crippen LogP contribution is 2.29. The molecular formula is C19H22N2O2. The second kappa shape index (κ2) is 6.73. The predicted molar refractivity (Wildman–Crippen MR) is 93.4 cm³/mol. The van der Waals surface area contributed by atoms with Gasteiger partial charge in [0.2, 0.25) is 5.91 Å². The Kier molecular flexibility index (Phi) is 4.51. The third-order valence-corrected chi connectivity index (χ3v) is 4.30. The van der Waals surface area contributed by atoms with Crippen LogP contribution in [-0.4, -0.2) is 26.6 Å². The zero-order valence-corrected chi connectivity index (χ0v) is 13.6. The highest BCUT2D eigenvalue weighted by Gasteiger charge is 2.16. The molecule has 0 aliphatic carbocycles. The van der Waals surface area contributed by atoms with Crippen LogP contribution in [0.15, 0.2) is 42.5 Å². The number of amides is 1. The third kappa shape index (κ3) is 3.47. The molecule has 2 aromatic rings. The van der Waals surface area contributed by atoms with Crippen molar-refractivity contribution in [1.29, 1.82) is 0 Å². The van der Waals surface area contributed by atoms with E-state index in [0.29, 0.717) is 12.8 Å². The third-order valence-electron chi connectivity index (χ3n) is 4.30. The van der Waals surface area contributed by atoms with Gasteiger partial charge in [0, 0.05) is 31.4 Å². The largest absolute Gasteiger partial charge is 0.496 e. The van der Waals surface area contributed by atoms with Gasteiger partial charge in [0.25, 0.3) is 0 Å². The molecule has 1 aliphatic heterocycles. The van der Waals surface area contributed by atoms with Gasteiger partial charge in [0.1, 0.15) is 5.75 Å². The number of methoxy groups -OCH3 is 1. The van der Waals surface area contributed by atoms with Gasteiger partial charge in [-0.25, -0.2) is 0 Å².